The highest BCUT2D eigenvalue weighted by Crippen LogP contribution is 2.28. The summed E-state index contributed by atoms with van der Waals surface area (Å²) < 4.78 is 27.8. The Hall–Kier alpha value is -3.26. The Morgan fingerprint density at radius 3 is 2.14 bits per heavy atom. The van der Waals surface area contributed by atoms with Crippen molar-refractivity contribution in [1.29, 1.82) is 0 Å². The highest BCUT2D eigenvalue weighted by molar-refractivity contribution is 5.71. The molecule has 0 aliphatic heterocycles. The molecule has 28 heavy (non-hydrogen) atoms. The van der Waals surface area contributed by atoms with Crippen LogP contribution in [-0.4, -0.2) is 0 Å². The van der Waals surface area contributed by atoms with Gasteiger partial charge in [-0.05, 0) is 64.9 Å². The third-order valence-corrected chi connectivity index (χ3v) is 4.85. The van der Waals surface area contributed by atoms with Gasteiger partial charge in [0.05, 0.1) is 0 Å². The van der Waals surface area contributed by atoms with Crippen molar-refractivity contribution in [2.24, 2.45) is 0 Å². The van der Waals surface area contributed by atoms with E-state index in [0.29, 0.717) is 5.56 Å². The van der Waals surface area contributed by atoms with Crippen LogP contribution in [-0.2, 0) is 12.8 Å². The maximum absolute atomic E-state index is 14.8. The van der Waals surface area contributed by atoms with Gasteiger partial charge in [0.2, 0.25) is 0 Å². The first kappa shape index (κ1) is 18.1. The minimum Gasteiger partial charge on any atom is -0.207 e. The highest BCUT2D eigenvalue weighted by Gasteiger charge is 2.08. The van der Waals surface area contributed by atoms with Crippen molar-refractivity contribution in [3.63, 3.8) is 0 Å². The fraction of sp³-hybridized carbons (Fsp3) is 0.0769. The van der Waals surface area contributed by atoms with E-state index in [2.05, 4.69) is 6.07 Å². The molecule has 0 fully saturated rings. The summed E-state index contributed by atoms with van der Waals surface area (Å²) in [5, 5.41) is 0. The standard InChI is InChI=1S/C26H19F2/c27-24-14-11-19(12-15-24)9-10-20-5-4-8-23(17-20)25-16-13-22(18-26(25)28)21-6-2-1-3-7-21/h1-7,11-18H,9-10H2. The van der Waals surface area contributed by atoms with Crippen molar-refractivity contribution in [3.8, 4) is 22.3 Å². The molecule has 2 heteroatoms. The zero-order valence-corrected chi connectivity index (χ0v) is 15.3. The first-order valence-electron chi connectivity index (χ1n) is 9.29. The number of hydrogen-bond donors (Lipinski definition) is 0. The molecule has 0 N–H and O–H groups in total. The Morgan fingerprint density at radius 2 is 1.39 bits per heavy atom. The molecule has 0 saturated heterocycles. The van der Waals surface area contributed by atoms with Gasteiger partial charge in [0.1, 0.15) is 11.6 Å². The smallest absolute Gasteiger partial charge is 0.131 e. The molecule has 0 heterocycles. The van der Waals surface area contributed by atoms with Crippen molar-refractivity contribution < 1.29 is 8.78 Å². The molecule has 0 saturated carbocycles. The lowest BCUT2D eigenvalue weighted by molar-refractivity contribution is 0.627. The average Bonchev–Trinajstić information content (AvgIpc) is 2.74. The van der Waals surface area contributed by atoms with Gasteiger partial charge in [0.15, 0.2) is 0 Å². The van der Waals surface area contributed by atoms with E-state index in [1.165, 1.54) is 12.1 Å². The first-order valence-corrected chi connectivity index (χ1v) is 9.29. The monoisotopic (exact) mass is 369 g/mol. The molecule has 0 aliphatic rings. The lowest BCUT2D eigenvalue weighted by Crippen LogP contribution is -1.93. The molecule has 1 radical (unpaired) electrons. The SMILES string of the molecule is Fc1ccc(CCc2cc[c]c(-c3ccc(-c4ccccc4)cc3F)c2)cc1. The molecule has 0 aliphatic carbocycles. The van der Waals surface area contributed by atoms with Crippen LogP contribution in [0.5, 0.6) is 0 Å². The van der Waals surface area contributed by atoms with Gasteiger partial charge >= 0.3 is 0 Å². The Labute approximate surface area is 164 Å². The van der Waals surface area contributed by atoms with Gasteiger partial charge < -0.3 is 0 Å². The molecule has 0 atom stereocenters. The van der Waals surface area contributed by atoms with Gasteiger partial charge in [-0.2, -0.15) is 0 Å². The Bertz CT molecular complexity index is 1070. The fourth-order valence-corrected chi connectivity index (χ4v) is 3.31. The molecule has 0 unspecified atom stereocenters. The van der Waals surface area contributed by atoms with Gasteiger partial charge in [-0.3, -0.25) is 0 Å². The van der Waals surface area contributed by atoms with Gasteiger partial charge in [0, 0.05) is 5.56 Å². The Balaban J connectivity index is 1.54. The summed E-state index contributed by atoms with van der Waals surface area (Å²) >= 11 is 0. The van der Waals surface area contributed by atoms with Crippen LogP contribution in [0.4, 0.5) is 8.78 Å². The number of rotatable bonds is 5. The molecule has 0 spiro atoms. The van der Waals surface area contributed by atoms with Crippen molar-refractivity contribution in [2.75, 3.05) is 0 Å². The lowest BCUT2D eigenvalue weighted by atomic mass is 9.97. The zero-order valence-electron chi connectivity index (χ0n) is 15.3. The van der Waals surface area contributed by atoms with E-state index in [1.807, 2.05) is 60.7 Å². The molecular formula is C26H19F2. The Kier molecular flexibility index (Phi) is 5.29. The van der Waals surface area contributed by atoms with Crippen LogP contribution in [0.3, 0.4) is 0 Å². The molecular weight excluding hydrogens is 350 g/mol. The second-order valence-electron chi connectivity index (χ2n) is 6.80. The van der Waals surface area contributed by atoms with E-state index >= 15 is 0 Å². The molecule has 0 aromatic heterocycles. The average molecular weight is 369 g/mol. The molecule has 4 aromatic rings. The topological polar surface area (TPSA) is 0 Å². The van der Waals surface area contributed by atoms with Crippen LogP contribution < -0.4 is 0 Å². The summed E-state index contributed by atoms with van der Waals surface area (Å²) in [6, 6.07) is 30.6. The predicted molar refractivity (Wildman–Crippen MR) is 110 cm³/mol. The van der Waals surface area contributed by atoms with Gasteiger partial charge in [-0.1, -0.05) is 72.8 Å². The van der Waals surface area contributed by atoms with Crippen LogP contribution in [0.15, 0.2) is 91.0 Å². The number of halogens is 2. The van der Waals surface area contributed by atoms with Crippen LogP contribution in [0, 0.1) is 17.7 Å². The Morgan fingerprint density at radius 1 is 0.643 bits per heavy atom. The van der Waals surface area contributed by atoms with Crippen LogP contribution in [0.2, 0.25) is 0 Å². The number of aryl methyl sites for hydroxylation is 2. The van der Waals surface area contributed by atoms with Crippen molar-refractivity contribution in [2.45, 2.75) is 12.8 Å². The summed E-state index contributed by atoms with van der Waals surface area (Å²) in [5.41, 5.74) is 5.31. The van der Waals surface area contributed by atoms with Crippen molar-refractivity contribution in [3.05, 3.63) is 120 Å². The molecule has 0 bridgehead atoms. The van der Waals surface area contributed by atoms with E-state index in [0.717, 1.165) is 40.7 Å². The first-order chi connectivity index (χ1) is 13.7. The molecule has 4 rings (SSSR count). The summed E-state index contributed by atoms with van der Waals surface area (Å²) in [5.74, 6) is -0.483. The molecule has 4 aromatic carbocycles. The van der Waals surface area contributed by atoms with E-state index in [9.17, 15) is 8.78 Å². The minimum atomic E-state index is -0.256. The van der Waals surface area contributed by atoms with Crippen molar-refractivity contribution >= 4 is 0 Å². The van der Waals surface area contributed by atoms with Crippen molar-refractivity contribution in [1.82, 2.24) is 0 Å². The summed E-state index contributed by atoms with van der Waals surface area (Å²) in [6.07, 6.45) is 1.61. The van der Waals surface area contributed by atoms with Crippen LogP contribution >= 0.6 is 0 Å². The minimum absolute atomic E-state index is 0.227. The summed E-state index contributed by atoms with van der Waals surface area (Å²) in [6.45, 7) is 0. The molecule has 0 nitrogen and oxygen atoms in total. The van der Waals surface area contributed by atoms with Crippen LogP contribution in [0.25, 0.3) is 22.3 Å². The van der Waals surface area contributed by atoms with Gasteiger partial charge in [-0.15, -0.1) is 0 Å². The second kappa shape index (κ2) is 8.18. The van der Waals surface area contributed by atoms with E-state index in [4.69, 9.17) is 0 Å². The zero-order chi connectivity index (χ0) is 19.3. The van der Waals surface area contributed by atoms with E-state index in [1.54, 1.807) is 18.2 Å². The highest BCUT2D eigenvalue weighted by atomic mass is 19.1. The second-order valence-corrected chi connectivity index (χ2v) is 6.80. The van der Waals surface area contributed by atoms with E-state index in [-0.39, 0.29) is 11.6 Å². The third kappa shape index (κ3) is 4.17. The van der Waals surface area contributed by atoms with Gasteiger partial charge in [-0.25, -0.2) is 8.78 Å². The van der Waals surface area contributed by atoms with Crippen LogP contribution in [0.1, 0.15) is 11.1 Å². The summed E-state index contributed by atoms with van der Waals surface area (Å²) in [7, 11) is 0. The maximum atomic E-state index is 14.8. The normalized spacial score (nSPS) is 10.8. The lowest BCUT2D eigenvalue weighted by Gasteiger charge is -2.09. The number of hydrogen-bond acceptors (Lipinski definition) is 0. The quantitative estimate of drug-likeness (QED) is 0.359. The summed E-state index contributed by atoms with van der Waals surface area (Å²) in [4.78, 5) is 0. The largest absolute Gasteiger partial charge is 0.207 e. The third-order valence-electron chi connectivity index (χ3n) is 4.85. The fourth-order valence-electron chi connectivity index (χ4n) is 3.31. The number of benzene rings is 4. The van der Waals surface area contributed by atoms with Gasteiger partial charge in [0.25, 0.3) is 0 Å². The predicted octanol–water partition coefficient (Wildman–Crippen LogP) is 6.88. The molecule has 137 valence electrons. The maximum Gasteiger partial charge on any atom is 0.131 e. The van der Waals surface area contributed by atoms with E-state index < -0.39 is 0 Å². The molecule has 0 amide bonds.